The average molecular weight is 294 g/mol. The van der Waals surface area contributed by atoms with Crippen LogP contribution in [0.1, 0.15) is 35.7 Å². The number of furan rings is 1. The largest absolute Gasteiger partial charge is 0.454 e. The molecule has 0 radical (unpaired) electrons. The number of aryl methyl sites for hydroxylation is 1. The molecular formula is C14H22N4O3. The van der Waals surface area contributed by atoms with E-state index in [4.69, 9.17) is 10.3 Å². The van der Waals surface area contributed by atoms with E-state index in [2.05, 4.69) is 10.3 Å². The van der Waals surface area contributed by atoms with Crippen molar-refractivity contribution in [1.29, 1.82) is 0 Å². The molecule has 0 atom stereocenters. The Kier molecular flexibility index (Phi) is 4.06. The third kappa shape index (κ3) is 2.79. The molecule has 7 heteroatoms. The van der Waals surface area contributed by atoms with Crippen LogP contribution in [0.4, 0.5) is 0 Å². The maximum absolute atomic E-state index is 12.2. The summed E-state index contributed by atoms with van der Waals surface area (Å²) in [6.45, 7) is 7.50. The van der Waals surface area contributed by atoms with E-state index in [-0.39, 0.29) is 11.7 Å². The monoisotopic (exact) mass is 294 g/mol. The molecule has 116 valence electrons. The predicted octanol–water partition coefficient (Wildman–Crippen LogP) is 0.244. The first-order chi connectivity index (χ1) is 9.77. The number of carbonyl (C=O) groups is 2. The summed E-state index contributed by atoms with van der Waals surface area (Å²) in [4.78, 5) is 27.6. The summed E-state index contributed by atoms with van der Waals surface area (Å²) in [7, 11) is 1.81. The van der Waals surface area contributed by atoms with Gasteiger partial charge in [-0.2, -0.15) is 0 Å². The van der Waals surface area contributed by atoms with Crippen LogP contribution in [0, 0.1) is 6.92 Å². The SMILES string of the molecule is Cc1cc(CN2CCN(C)C(=O)C2(C)C)oc1C(=O)NN. The fourth-order valence-corrected chi connectivity index (χ4v) is 2.64. The lowest BCUT2D eigenvalue weighted by Crippen LogP contribution is -2.61. The molecule has 0 unspecified atom stereocenters. The number of amides is 2. The molecule has 3 N–H and O–H groups in total. The molecule has 0 aromatic carbocycles. The van der Waals surface area contributed by atoms with Crippen LogP contribution in [-0.2, 0) is 11.3 Å². The first-order valence-corrected chi connectivity index (χ1v) is 6.88. The molecule has 0 aliphatic carbocycles. The second-order valence-corrected chi connectivity index (χ2v) is 5.91. The van der Waals surface area contributed by atoms with Gasteiger partial charge in [0, 0.05) is 25.7 Å². The van der Waals surface area contributed by atoms with Crippen molar-refractivity contribution in [2.45, 2.75) is 32.9 Å². The summed E-state index contributed by atoms with van der Waals surface area (Å²) in [5.74, 6) is 5.62. The van der Waals surface area contributed by atoms with Gasteiger partial charge in [-0.1, -0.05) is 0 Å². The summed E-state index contributed by atoms with van der Waals surface area (Å²) in [6.07, 6.45) is 0. The number of hydrogen-bond acceptors (Lipinski definition) is 5. The Balaban J connectivity index is 2.18. The molecule has 7 nitrogen and oxygen atoms in total. The summed E-state index contributed by atoms with van der Waals surface area (Å²) in [6, 6.07) is 1.81. The van der Waals surface area contributed by atoms with Crippen molar-refractivity contribution < 1.29 is 14.0 Å². The number of rotatable bonds is 3. The van der Waals surface area contributed by atoms with Gasteiger partial charge in [0.05, 0.1) is 12.1 Å². The Morgan fingerprint density at radius 2 is 2.14 bits per heavy atom. The van der Waals surface area contributed by atoms with Gasteiger partial charge in [0.1, 0.15) is 5.76 Å². The van der Waals surface area contributed by atoms with Gasteiger partial charge in [-0.3, -0.25) is 19.9 Å². The van der Waals surface area contributed by atoms with Crippen molar-refractivity contribution in [3.05, 3.63) is 23.2 Å². The van der Waals surface area contributed by atoms with E-state index in [1.54, 1.807) is 11.8 Å². The number of nitrogens with zero attached hydrogens (tertiary/aromatic N) is 2. The number of nitrogen functional groups attached to an aromatic ring is 1. The van der Waals surface area contributed by atoms with Gasteiger partial charge in [-0.05, 0) is 26.8 Å². The fraction of sp³-hybridized carbons (Fsp3) is 0.571. The molecule has 0 saturated carbocycles. The number of likely N-dealkylation sites (N-methyl/N-ethyl adjacent to an activating group) is 1. The zero-order chi connectivity index (χ0) is 15.8. The molecule has 1 aromatic rings. The van der Waals surface area contributed by atoms with Gasteiger partial charge in [0.15, 0.2) is 5.76 Å². The molecule has 1 aromatic heterocycles. The predicted molar refractivity (Wildman–Crippen MR) is 77.2 cm³/mol. The van der Waals surface area contributed by atoms with E-state index in [0.29, 0.717) is 18.8 Å². The summed E-state index contributed by atoms with van der Waals surface area (Å²) < 4.78 is 5.57. The highest BCUT2D eigenvalue weighted by Crippen LogP contribution is 2.25. The lowest BCUT2D eigenvalue weighted by Gasteiger charge is -2.44. The Morgan fingerprint density at radius 1 is 1.48 bits per heavy atom. The Morgan fingerprint density at radius 3 is 2.76 bits per heavy atom. The molecule has 1 fully saturated rings. The van der Waals surface area contributed by atoms with Gasteiger partial charge < -0.3 is 9.32 Å². The van der Waals surface area contributed by atoms with Crippen molar-refractivity contribution in [2.75, 3.05) is 20.1 Å². The van der Waals surface area contributed by atoms with Gasteiger partial charge in [-0.15, -0.1) is 0 Å². The number of nitrogens with two attached hydrogens (primary N) is 1. The third-order valence-corrected chi connectivity index (χ3v) is 4.02. The summed E-state index contributed by atoms with van der Waals surface area (Å²) in [5.41, 5.74) is 2.20. The minimum absolute atomic E-state index is 0.0805. The Hall–Kier alpha value is -1.86. The Bertz CT molecular complexity index is 565. The molecular weight excluding hydrogens is 272 g/mol. The second-order valence-electron chi connectivity index (χ2n) is 5.91. The average Bonchev–Trinajstić information content (AvgIpc) is 2.80. The van der Waals surface area contributed by atoms with Crippen molar-refractivity contribution in [3.63, 3.8) is 0 Å². The Labute approximate surface area is 124 Å². The molecule has 2 rings (SSSR count). The van der Waals surface area contributed by atoms with Gasteiger partial charge >= 0.3 is 5.91 Å². The maximum Gasteiger partial charge on any atom is 0.301 e. The first kappa shape index (κ1) is 15.5. The molecule has 2 amide bonds. The topological polar surface area (TPSA) is 91.8 Å². The second kappa shape index (κ2) is 5.50. The highest BCUT2D eigenvalue weighted by Gasteiger charge is 2.40. The number of hydrogen-bond donors (Lipinski definition) is 2. The van der Waals surface area contributed by atoms with Crippen LogP contribution < -0.4 is 11.3 Å². The molecule has 0 spiro atoms. The minimum atomic E-state index is -0.593. The highest BCUT2D eigenvalue weighted by molar-refractivity contribution is 5.92. The van der Waals surface area contributed by atoms with Crippen molar-refractivity contribution >= 4 is 11.8 Å². The first-order valence-electron chi connectivity index (χ1n) is 6.88. The van der Waals surface area contributed by atoms with Crippen molar-refractivity contribution in [3.8, 4) is 0 Å². The van der Waals surface area contributed by atoms with E-state index < -0.39 is 11.4 Å². The lowest BCUT2D eigenvalue weighted by molar-refractivity contribution is -0.147. The minimum Gasteiger partial charge on any atom is -0.454 e. The van der Waals surface area contributed by atoms with Crippen LogP contribution in [0.5, 0.6) is 0 Å². The molecule has 1 aliphatic rings. The fourth-order valence-electron chi connectivity index (χ4n) is 2.64. The van der Waals surface area contributed by atoms with Crippen LogP contribution in [0.3, 0.4) is 0 Å². The smallest absolute Gasteiger partial charge is 0.301 e. The van der Waals surface area contributed by atoms with Crippen LogP contribution in [-0.4, -0.2) is 47.3 Å². The van der Waals surface area contributed by atoms with Crippen LogP contribution >= 0.6 is 0 Å². The zero-order valence-electron chi connectivity index (χ0n) is 12.9. The number of nitrogens with one attached hydrogen (secondary N) is 1. The van der Waals surface area contributed by atoms with Gasteiger partial charge in [-0.25, -0.2) is 5.84 Å². The highest BCUT2D eigenvalue weighted by atomic mass is 16.4. The summed E-state index contributed by atoms with van der Waals surface area (Å²) in [5, 5.41) is 0. The zero-order valence-corrected chi connectivity index (χ0v) is 12.9. The molecule has 2 heterocycles. The molecule has 21 heavy (non-hydrogen) atoms. The van der Waals surface area contributed by atoms with Gasteiger partial charge in [0.25, 0.3) is 0 Å². The van der Waals surface area contributed by atoms with E-state index in [1.165, 1.54) is 0 Å². The lowest BCUT2D eigenvalue weighted by atomic mass is 9.97. The van der Waals surface area contributed by atoms with Crippen LogP contribution in [0.25, 0.3) is 0 Å². The summed E-state index contributed by atoms with van der Waals surface area (Å²) >= 11 is 0. The van der Waals surface area contributed by atoms with E-state index in [0.717, 1.165) is 12.1 Å². The van der Waals surface area contributed by atoms with Crippen molar-refractivity contribution in [2.24, 2.45) is 5.84 Å². The maximum atomic E-state index is 12.2. The van der Waals surface area contributed by atoms with Crippen molar-refractivity contribution in [1.82, 2.24) is 15.2 Å². The van der Waals surface area contributed by atoms with E-state index in [9.17, 15) is 9.59 Å². The van der Waals surface area contributed by atoms with E-state index in [1.807, 2.05) is 27.0 Å². The third-order valence-electron chi connectivity index (χ3n) is 4.02. The van der Waals surface area contributed by atoms with Crippen LogP contribution in [0.2, 0.25) is 0 Å². The molecule has 1 aliphatic heterocycles. The normalized spacial score (nSPS) is 18.9. The molecule has 1 saturated heterocycles. The number of carbonyl (C=O) groups excluding carboxylic acids is 2. The van der Waals surface area contributed by atoms with E-state index >= 15 is 0 Å². The molecule has 0 bridgehead atoms. The van der Waals surface area contributed by atoms with Crippen LogP contribution in [0.15, 0.2) is 10.5 Å². The van der Waals surface area contributed by atoms with Gasteiger partial charge in [0.2, 0.25) is 5.91 Å². The quantitative estimate of drug-likeness (QED) is 0.473. The standard InChI is InChI=1S/C14H22N4O3/c1-9-7-10(21-11(9)12(19)16-15)8-18-6-5-17(4)13(20)14(18,2)3/h7H,5-6,8,15H2,1-4H3,(H,16,19). The number of hydrazine groups is 1. The number of piperazine rings is 1.